The molecule has 0 aromatic heterocycles. The summed E-state index contributed by atoms with van der Waals surface area (Å²) in [7, 11) is 0. The van der Waals surface area contributed by atoms with Gasteiger partial charge in [-0.05, 0) is 36.4 Å². The highest BCUT2D eigenvalue weighted by Gasteiger charge is 2.31. The Balaban J connectivity index is 1.84. The van der Waals surface area contributed by atoms with E-state index in [1.807, 2.05) is 0 Å². The molecule has 0 saturated heterocycles. The SMILES string of the molecule is O=C(NCCOc1cccc(Cl)c1)Nc1cc(C(F)(F)F)ccc1Cl. The molecule has 2 rings (SSSR count). The summed E-state index contributed by atoms with van der Waals surface area (Å²) in [6.45, 7) is 0.291. The Kier molecular flexibility index (Phi) is 6.39. The van der Waals surface area contributed by atoms with Crippen LogP contribution in [0.15, 0.2) is 42.5 Å². The van der Waals surface area contributed by atoms with E-state index in [2.05, 4.69) is 10.6 Å². The zero-order valence-electron chi connectivity index (χ0n) is 12.7. The van der Waals surface area contributed by atoms with Crippen molar-refractivity contribution in [3.05, 3.63) is 58.1 Å². The Morgan fingerprint density at radius 1 is 1.12 bits per heavy atom. The summed E-state index contributed by atoms with van der Waals surface area (Å²) in [6, 6.07) is 8.71. The lowest BCUT2D eigenvalue weighted by Gasteiger charge is -2.12. The topological polar surface area (TPSA) is 50.4 Å². The number of benzene rings is 2. The van der Waals surface area contributed by atoms with Crippen LogP contribution in [0.4, 0.5) is 23.7 Å². The average Bonchev–Trinajstić information content (AvgIpc) is 2.53. The van der Waals surface area contributed by atoms with Crippen molar-refractivity contribution in [1.82, 2.24) is 5.32 Å². The third-order valence-corrected chi connectivity index (χ3v) is 3.56. The Morgan fingerprint density at radius 3 is 2.56 bits per heavy atom. The number of alkyl halides is 3. The number of hydrogen-bond donors (Lipinski definition) is 2. The molecule has 2 aromatic carbocycles. The number of carbonyl (C=O) groups is 1. The molecule has 134 valence electrons. The van der Waals surface area contributed by atoms with Crippen molar-refractivity contribution in [2.24, 2.45) is 0 Å². The van der Waals surface area contributed by atoms with Crippen LogP contribution in [0.2, 0.25) is 10.0 Å². The van der Waals surface area contributed by atoms with Crippen LogP contribution >= 0.6 is 23.2 Å². The van der Waals surface area contributed by atoms with E-state index < -0.39 is 17.8 Å². The largest absolute Gasteiger partial charge is 0.492 e. The van der Waals surface area contributed by atoms with E-state index in [-0.39, 0.29) is 23.9 Å². The van der Waals surface area contributed by atoms with Crippen LogP contribution in [0.3, 0.4) is 0 Å². The maximum Gasteiger partial charge on any atom is 0.416 e. The van der Waals surface area contributed by atoms with Crippen LogP contribution in [0.1, 0.15) is 5.56 Å². The van der Waals surface area contributed by atoms with Crippen LogP contribution in [-0.2, 0) is 6.18 Å². The molecule has 0 saturated carbocycles. The summed E-state index contributed by atoms with van der Waals surface area (Å²) in [5.41, 5.74) is -1.04. The van der Waals surface area contributed by atoms with Crippen LogP contribution in [-0.4, -0.2) is 19.2 Å². The third-order valence-electron chi connectivity index (χ3n) is 2.99. The van der Waals surface area contributed by atoms with E-state index >= 15 is 0 Å². The summed E-state index contributed by atoms with van der Waals surface area (Å²) in [4.78, 5) is 11.8. The van der Waals surface area contributed by atoms with Gasteiger partial charge in [0.1, 0.15) is 12.4 Å². The van der Waals surface area contributed by atoms with E-state index in [1.165, 1.54) is 0 Å². The van der Waals surface area contributed by atoms with Crippen LogP contribution < -0.4 is 15.4 Å². The molecule has 2 N–H and O–H groups in total. The van der Waals surface area contributed by atoms with Crippen molar-refractivity contribution >= 4 is 34.9 Å². The highest BCUT2D eigenvalue weighted by molar-refractivity contribution is 6.33. The number of amides is 2. The first-order valence-corrected chi connectivity index (χ1v) is 7.81. The molecule has 25 heavy (non-hydrogen) atoms. The molecule has 0 bridgehead atoms. The van der Waals surface area contributed by atoms with Gasteiger partial charge in [0, 0.05) is 5.02 Å². The van der Waals surface area contributed by atoms with Crippen molar-refractivity contribution in [3.63, 3.8) is 0 Å². The standard InChI is InChI=1S/C16H13Cl2F3N2O2/c17-11-2-1-3-12(9-11)25-7-6-22-15(24)23-14-8-10(16(19,20)21)4-5-13(14)18/h1-5,8-9H,6-7H2,(H2,22,23,24). The van der Waals surface area contributed by atoms with Crippen LogP contribution in [0.25, 0.3) is 0 Å². The minimum absolute atomic E-state index is 0.00155. The highest BCUT2D eigenvalue weighted by Crippen LogP contribution is 2.33. The zero-order chi connectivity index (χ0) is 18.4. The van der Waals surface area contributed by atoms with Gasteiger partial charge in [0.25, 0.3) is 0 Å². The van der Waals surface area contributed by atoms with Gasteiger partial charge in [-0.15, -0.1) is 0 Å². The quantitative estimate of drug-likeness (QED) is 0.685. The first kappa shape index (κ1) is 19.2. The second-order valence-corrected chi connectivity index (χ2v) is 5.72. The number of rotatable bonds is 5. The summed E-state index contributed by atoms with van der Waals surface area (Å²) < 4.78 is 43.4. The number of anilines is 1. The summed E-state index contributed by atoms with van der Waals surface area (Å²) >= 11 is 11.6. The number of halogens is 5. The van der Waals surface area contributed by atoms with Gasteiger partial charge in [-0.1, -0.05) is 29.3 Å². The van der Waals surface area contributed by atoms with Crippen molar-refractivity contribution in [2.45, 2.75) is 6.18 Å². The van der Waals surface area contributed by atoms with Crippen molar-refractivity contribution in [2.75, 3.05) is 18.5 Å². The first-order valence-electron chi connectivity index (χ1n) is 7.05. The minimum atomic E-state index is -4.53. The molecule has 9 heteroatoms. The zero-order valence-corrected chi connectivity index (χ0v) is 14.2. The number of urea groups is 1. The molecule has 0 unspecified atom stereocenters. The van der Waals surface area contributed by atoms with E-state index in [4.69, 9.17) is 27.9 Å². The van der Waals surface area contributed by atoms with Gasteiger partial charge in [0.2, 0.25) is 0 Å². The van der Waals surface area contributed by atoms with Gasteiger partial charge >= 0.3 is 12.2 Å². The molecule has 2 amide bonds. The van der Waals surface area contributed by atoms with Crippen molar-refractivity contribution in [3.8, 4) is 5.75 Å². The number of hydrogen-bond acceptors (Lipinski definition) is 2. The van der Waals surface area contributed by atoms with Gasteiger partial charge in [0.15, 0.2) is 0 Å². The Morgan fingerprint density at radius 2 is 1.88 bits per heavy atom. The maximum atomic E-state index is 12.7. The Hall–Kier alpha value is -2.12. The lowest BCUT2D eigenvalue weighted by molar-refractivity contribution is -0.137. The number of ether oxygens (including phenoxy) is 1. The Bertz CT molecular complexity index is 754. The molecule has 0 aliphatic carbocycles. The van der Waals surface area contributed by atoms with Gasteiger partial charge < -0.3 is 15.4 Å². The summed E-state index contributed by atoms with van der Waals surface area (Å²) in [6.07, 6.45) is -4.53. The van der Waals surface area contributed by atoms with Crippen LogP contribution in [0, 0.1) is 0 Å². The average molecular weight is 393 g/mol. The lowest BCUT2D eigenvalue weighted by Crippen LogP contribution is -2.32. The number of carbonyl (C=O) groups excluding carboxylic acids is 1. The van der Waals surface area contributed by atoms with Gasteiger partial charge in [0.05, 0.1) is 22.8 Å². The molecular formula is C16H13Cl2F3N2O2. The van der Waals surface area contributed by atoms with Crippen molar-refractivity contribution in [1.29, 1.82) is 0 Å². The number of nitrogens with one attached hydrogen (secondary N) is 2. The molecule has 0 heterocycles. The first-order chi connectivity index (χ1) is 11.8. The molecule has 0 fully saturated rings. The normalized spacial score (nSPS) is 11.1. The molecule has 0 aliphatic heterocycles. The predicted molar refractivity (Wildman–Crippen MR) is 90.4 cm³/mol. The molecule has 2 aromatic rings. The van der Waals surface area contributed by atoms with Crippen LogP contribution in [0.5, 0.6) is 5.75 Å². The summed E-state index contributed by atoms with van der Waals surface area (Å²) in [5.74, 6) is 0.538. The van der Waals surface area contributed by atoms with E-state index in [0.29, 0.717) is 10.8 Å². The minimum Gasteiger partial charge on any atom is -0.492 e. The van der Waals surface area contributed by atoms with Gasteiger partial charge in [-0.3, -0.25) is 0 Å². The molecule has 4 nitrogen and oxygen atoms in total. The monoisotopic (exact) mass is 392 g/mol. The molecule has 0 spiro atoms. The fraction of sp³-hybridized carbons (Fsp3) is 0.188. The van der Waals surface area contributed by atoms with E-state index in [0.717, 1.165) is 18.2 Å². The summed E-state index contributed by atoms with van der Waals surface area (Å²) in [5, 5.41) is 5.24. The second kappa shape index (κ2) is 8.31. The molecular weight excluding hydrogens is 380 g/mol. The van der Waals surface area contributed by atoms with E-state index in [1.54, 1.807) is 24.3 Å². The Labute approximate surface area is 151 Å². The van der Waals surface area contributed by atoms with Crippen molar-refractivity contribution < 1.29 is 22.7 Å². The fourth-order valence-corrected chi connectivity index (χ4v) is 2.20. The fourth-order valence-electron chi connectivity index (χ4n) is 1.85. The molecule has 0 aliphatic rings. The second-order valence-electron chi connectivity index (χ2n) is 4.88. The van der Waals surface area contributed by atoms with Gasteiger partial charge in [-0.2, -0.15) is 13.2 Å². The maximum absolute atomic E-state index is 12.7. The lowest BCUT2D eigenvalue weighted by atomic mass is 10.2. The van der Waals surface area contributed by atoms with Gasteiger partial charge in [-0.25, -0.2) is 4.79 Å². The predicted octanol–water partition coefficient (Wildman–Crippen LogP) is 5.21. The van der Waals surface area contributed by atoms with E-state index in [9.17, 15) is 18.0 Å². The highest BCUT2D eigenvalue weighted by atomic mass is 35.5. The third kappa shape index (κ3) is 6.03. The molecule has 0 radical (unpaired) electrons. The molecule has 0 atom stereocenters. The smallest absolute Gasteiger partial charge is 0.416 e.